The average molecular weight is 289 g/mol. The van der Waals surface area contributed by atoms with Crippen molar-refractivity contribution in [3.8, 4) is 0 Å². The van der Waals surface area contributed by atoms with E-state index >= 15 is 0 Å². The van der Waals surface area contributed by atoms with E-state index in [1.165, 1.54) is 6.42 Å². The summed E-state index contributed by atoms with van der Waals surface area (Å²) < 4.78 is 5.10. The van der Waals surface area contributed by atoms with Crippen LogP contribution in [0.1, 0.15) is 48.5 Å². The van der Waals surface area contributed by atoms with Gasteiger partial charge >= 0.3 is 5.97 Å². The molecule has 0 unspecified atom stereocenters. The summed E-state index contributed by atoms with van der Waals surface area (Å²) in [5.74, 6) is -0.162. The van der Waals surface area contributed by atoms with Gasteiger partial charge in [0, 0.05) is 6.04 Å². The number of rotatable bonds is 4. The molecule has 2 rings (SSSR count). The first-order chi connectivity index (χ1) is 10.1. The molecule has 4 heteroatoms. The molecular formula is C17H23NO3. The van der Waals surface area contributed by atoms with Crippen molar-refractivity contribution in [3.05, 3.63) is 35.4 Å². The van der Waals surface area contributed by atoms with Gasteiger partial charge in [0.15, 0.2) is 6.61 Å². The second-order valence-corrected chi connectivity index (χ2v) is 5.83. The number of esters is 1. The molecule has 0 bridgehead atoms. The highest BCUT2D eigenvalue weighted by Crippen LogP contribution is 2.23. The van der Waals surface area contributed by atoms with Crippen LogP contribution in [0.3, 0.4) is 0 Å². The number of hydrogen-bond acceptors (Lipinski definition) is 3. The van der Waals surface area contributed by atoms with Crippen LogP contribution < -0.4 is 5.32 Å². The molecule has 0 spiro atoms. The fraction of sp³-hybridized carbons (Fsp3) is 0.529. The van der Waals surface area contributed by atoms with Crippen molar-refractivity contribution in [1.82, 2.24) is 5.32 Å². The quantitative estimate of drug-likeness (QED) is 0.867. The standard InChI is InChI=1S/C17H23NO3/c1-12-7-3-5-9-14(12)17(20)21-11-16(19)18-15-10-6-4-8-13(15)2/h3,5,7,9,13,15H,4,6,8,10-11H2,1-2H3,(H,18,19)/t13-,15-/m0/s1. The Kier molecular flexibility index (Phi) is 5.37. The van der Waals surface area contributed by atoms with Crippen LogP contribution in [0.15, 0.2) is 24.3 Å². The Morgan fingerprint density at radius 1 is 1.24 bits per heavy atom. The molecule has 1 amide bonds. The molecule has 1 N–H and O–H groups in total. The van der Waals surface area contributed by atoms with Crippen LogP contribution in [0.2, 0.25) is 0 Å². The van der Waals surface area contributed by atoms with Gasteiger partial charge in [-0.15, -0.1) is 0 Å². The summed E-state index contributed by atoms with van der Waals surface area (Å²) in [5, 5.41) is 2.97. The molecule has 1 aliphatic rings. The zero-order valence-electron chi connectivity index (χ0n) is 12.7. The average Bonchev–Trinajstić information content (AvgIpc) is 2.48. The second-order valence-electron chi connectivity index (χ2n) is 5.83. The Labute approximate surface area is 125 Å². The molecule has 1 fully saturated rings. The third-order valence-electron chi connectivity index (χ3n) is 4.16. The second kappa shape index (κ2) is 7.25. The van der Waals surface area contributed by atoms with Crippen molar-refractivity contribution in [2.45, 2.75) is 45.6 Å². The first-order valence-electron chi connectivity index (χ1n) is 7.60. The number of ether oxygens (including phenoxy) is 1. The molecule has 4 nitrogen and oxygen atoms in total. The predicted molar refractivity (Wildman–Crippen MR) is 81.0 cm³/mol. The molecule has 0 heterocycles. The van der Waals surface area contributed by atoms with Crippen LogP contribution in [0.4, 0.5) is 0 Å². The van der Waals surface area contributed by atoms with Gasteiger partial charge in [-0.2, -0.15) is 0 Å². The Morgan fingerprint density at radius 2 is 1.95 bits per heavy atom. The van der Waals surface area contributed by atoms with E-state index in [1.54, 1.807) is 12.1 Å². The molecule has 0 saturated heterocycles. The minimum atomic E-state index is -0.444. The zero-order valence-corrected chi connectivity index (χ0v) is 12.7. The normalized spacial score (nSPS) is 21.6. The van der Waals surface area contributed by atoms with Crippen molar-refractivity contribution in [2.24, 2.45) is 5.92 Å². The van der Waals surface area contributed by atoms with Crippen LogP contribution in [0.5, 0.6) is 0 Å². The lowest BCUT2D eigenvalue weighted by molar-refractivity contribution is -0.125. The Balaban J connectivity index is 1.81. The Hall–Kier alpha value is -1.84. The van der Waals surface area contributed by atoms with Crippen LogP contribution in [-0.4, -0.2) is 24.5 Å². The van der Waals surface area contributed by atoms with Gasteiger partial charge in [0.1, 0.15) is 0 Å². The minimum absolute atomic E-state index is 0.211. The summed E-state index contributed by atoms with van der Waals surface area (Å²) in [5.41, 5.74) is 1.36. The number of nitrogens with one attached hydrogen (secondary N) is 1. The molecule has 1 aromatic carbocycles. The Bertz CT molecular complexity index is 513. The topological polar surface area (TPSA) is 55.4 Å². The summed E-state index contributed by atoms with van der Waals surface area (Å²) in [6.45, 7) is 3.79. The van der Waals surface area contributed by atoms with Gasteiger partial charge in [-0.05, 0) is 37.3 Å². The van der Waals surface area contributed by atoms with E-state index in [0.717, 1.165) is 24.8 Å². The van der Waals surface area contributed by atoms with E-state index in [2.05, 4.69) is 12.2 Å². The van der Waals surface area contributed by atoms with E-state index in [4.69, 9.17) is 4.74 Å². The lowest BCUT2D eigenvalue weighted by atomic mass is 9.86. The maximum Gasteiger partial charge on any atom is 0.338 e. The molecular weight excluding hydrogens is 266 g/mol. The van der Waals surface area contributed by atoms with Crippen LogP contribution in [-0.2, 0) is 9.53 Å². The highest BCUT2D eigenvalue weighted by molar-refractivity contribution is 5.92. The van der Waals surface area contributed by atoms with Crippen molar-refractivity contribution < 1.29 is 14.3 Å². The predicted octanol–water partition coefficient (Wildman–Crippen LogP) is 2.85. The third-order valence-corrected chi connectivity index (χ3v) is 4.16. The monoisotopic (exact) mass is 289 g/mol. The number of amides is 1. The zero-order chi connectivity index (χ0) is 15.2. The molecule has 1 aromatic rings. The van der Waals surface area contributed by atoms with Crippen molar-refractivity contribution in [2.75, 3.05) is 6.61 Å². The van der Waals surface area contributed by atoms with Crippen molar-refractivity contribution in [1.29, 1.82) is 0 Å². The van der Waals surface area contributed by atoms with Crippen LogP contribution in [0.25, 0.3) is 0 Å². The molecule has 0 aromatic heterocycles. The molecule has 114 valence electrons. The van der Waals surface area contributed by atoms with E-state index in [1.807, 2.05) is 19.1 Å². The molecule has 0 radical (unpaired) electrons. The molecule has 2 atom stereocenters. The van der Waals surface area contributed by atoms with Gasteiger partial charge < -0.3 is 10.1 Å². The highest BCUT2D eigenvalue weighted by atomic mass is 16.5. The summed E-state index contributed by atoms with van der Waals surface area (Å²) in [6.07, 6.45) is 4.54. The first kappa shape index (κ1) is 15.5. The van der Waals surface area contributed by atoms with E-state index < -0.39 is 5.97 Å². The maximum absolute atomic E-state index is 11.9. The van der Waals surface area contributed by atoms with Gasteiger partial charge in [0.2, 0.25) is 0 Å². The fourth-order valence-electron chi connectivity index (χ4n) is 2.79. The smallest absolute Gasteiger partial charge is 0.338 e. The highest BCUT2D eigenvalue weighted by Gasteiger charge is 2.23. The maximum atomic E-state index is 11.9. The lowest BCUT2D eigenvalue weighted by Crippen LogP contribution is -2.42. The van der Waals surface area contributed by atoms with E-state index in [9.17, 15) is 9.59 Å². The largest absolute Gasteiger partial charge is 0.452 e. The molecule has 1 saturated carbocycles. The summed E-state index contributed by atoms with van der Waals surface area (Å²) >= 11 is 0. The Morgan fingerprint density at radius 3 is 2.67 bits per heavy atom. The first-order valence-corrected chi connectivity index (χ1v) is 7.60. The minimum Gasteiger partial charge on any atom is -0.452 e. The van der Waals surface area contributed by atoms with Crippen LogP contribution in [0, 0.1) is 12.8 Å². The van der Waals surface area contributed by atoms with Gasteiger partial charge in [-0.25, -0.2) is 4.79 Å². The van der Waals surface area contributed by atoms with E-state index in [0.29, 0.717) is 11.5 Å². The molecule has 1 aliphatic carbocycles. The van der Waals surface area contributed by atoms with Crippen molar-refractivity contribution in [3.63, 3.8) is 0 Å². The summed E-state index contributed by atoms with van der Waals surface area (Å²) in [6, 6.07) is 7.42. The van der Waals surface area contributed by atoms with Gasteiger partial charge in [-0.3, -0.25) is 4.79 Å². The van der Waals surface area contributed by atoms with Gasteiger partial charge in [0.25, 0.3) is 5.91 Å². The lowest BCUT2D eigenvalue weighted by Gasteiger charge is -2.29. The summed E-state index contributed by atoms with van der Waals surface area (Å²) in [4.78, 5) is 23.8. The fourth-order valence-corrected chi connectivity index (χ4v) is 2.79. The number of carbonyl (C=O) groups is 2. The number of carbonyl (C=O) groups excluding carboxylic acids is 2. The number of hydrogen-bond donors (Lipinski definition) is 1. The SMILES string of the molecule is Cc1ccccc1C(=O)OCC(=O)N[C@H]1CCCC[C@@H]1C. The number of aryl methyl sites for hydroxylation is 1. The molecule has 0 aliphatic heterocycles. The van der Waals surface area contributed by atoms with Gasteiger partial charge in [-0.1, -0.05) is 38.0 Å². The number of benzene rings is 1. The van der Waals surface area contributed by atoms with Gasteiger partial charge in [0.05, 0.1) is 5.56 Å². The van der Waals surface area contributed by atoms with E-state index in [-0.39, 0.29) is 18.6 Å². The summed E-state index contributed by atoms with van der Waals surface area (Å²) in [7, 11) is 0. The third kappa shape index (κ3) is 4.31. The van der Waals surface area contributed by atoms with Crippen LogP contribution >= 0.6 is 0 Å². The van der Waals surface area contributed by atoms with Crippen molar-refractivity contribution >= 4 is 11.9 Å². The molecule has 21 heavy (non-hydrogen) atoms.